The summed E-state index contributed by atoms with van der Waals surface area (Å²) in [6.45, 7) is 1.17. The quantitative estimate of drug-likeness (QED) is 0.531. The SMILES string of the molecule is O=C1CN(S(=O)(=O)c2cc3ccc(Cl)cc3s2)CCN1Cc1nc(C(=O)N2CCC(O)C2)cs1. The minimum atomic E-state index is -3.81. The van der Waals surface area contributed by atoms with Crippen LogP contribution in [-0.4, -0.2) is 83.3 Å². The van der Waals surface area contributed by atoms with E-state index < -0.39 is 16.1 Å². The predicted molar refractivity (Wildman–Crippen MR) is 130 cm³/mol. The van der Waals surface area contributed by atoms with Gasteiger partial charge in [0.05, 0.1) is 19.2 Å². The molecular formula is C21H21ClN4O5S3. The molecule has 1 N–H and O–H groups in total. The third-order valence-corrected chi connectivity index (χ3v) is 10.3. The van der Waals surface area contributed by atoms with Crippen LogP contribution < -0.4 is 0 Å². The molecule has 0 spiro atoms. The summed E-state index contributed by atoms with van der Waals surface area (Å²) in [5.74, 6) is -0.546. The molecule has 0 radical (unpaired) electrons. The number of piperazine rings is 1. The molecule has 1 atom stereocenters. The first-order chi connectivity index (χ1) is 16.2. The molecule has 2 saturated heterocycles. The Balaban J connectivity index is 1.24. The molecule has 2 aliphatic heterocycles. The maximum Gasteiger partial charge on any atom is 0.273 e. The van der Waals surface area contributed by atoms with Crippen molar-refractivity contribution < 1.29 is 23.1 Å². The number of aliphatic hydroxyl groups excluding tert-OH is 1. The minimum Gasteiger partial charge on any atom is -0.391 e. The number of hydrogen-bond donors (Lipinski definition) is 1. The van der Waals surface area contributed by atoms with Gasteiger partial charge in [0.15, 0.2) is 0 Å². The number of fused-ring (bicyclic) bond motifs is 1. The van der Waals surface area contributed by atoms with Crippen LogP contribution in [0.4, 0.5) is 0 Å². The second-order valence-corrected chi connectivity index (χ2v) is 12.8. The van der Waals surface area contributed by atoms with E-state index in [2.05, 4.69) is 4.98 Å². The fraction of sp³-hybridized carbons (Fsp3) is 0.381. The Hall–Kier alpha value is -2.09. The fourth-order valence-electron chi connectivity index (χ4n) is 4.03. The van der Waals surface area contributed by atoms with Crippen LogP contribution in [0.25, 0.3) is 10.1 Å². The lowest BCUT2D eigenvalue weighted by atomic mass is 10.3. The van der Waals surface area contributed by atoms with Crippen LogP contribution >= 0.6 is 34.3 Å². The number of aromatic nitrogens is 1. The van der Waals surface area contributed by atoms with Gasteiger partial charge < -0.3 is 14.9 Å². The van der Waals surface area contributed by atoms with Crippen molar-refractivity contribution in [2.45, 2.75) is 23.3 Å². The second-order valence-electron chi connectivity index (χ2n) is 8.22. The Morgan fingerprint density at radius 2 is 2.06 bits per heavy atom. The number of rotatable bonds is 5. The summed E-state index contributed by atoms with van der Waals surface area (Å²) < 4.78 is 28.4. The number of thiophene rings is 1. The first-order valence-electron chi connectivity index (χ1n) is 10.6. The normalized spacial score (nSPS) is 19.9. The van der Waals surface area contributed by atoms with Gasteiger partial charge >= 0.3 is 0 Å². The molecule has 4 heterocycles. The number of carbonyl (C=O) groups excluding carboxylic acids is 2. The number of halogens is 1. The van der Waals surface area contributed by atoms with Crippen molar-refractivity contribution in [1.29, 1.82) is 0 Å². The largest absolute Gasteiger partial charge is 0.391 e. The molecule has 13 heteroatoms. The molecule has 34 heavy (non-hydrogen) atoms. The number of aliphatic hydroxyl groups is 1. The summed E-state index contributed by atoms with van der Waals surface area (Å²) in [5, 5.41) is 13.2. The van der Waals surface area contributed by atoms with Crippen LogP contribution in [0.2, 0.25) is 5.02 Å². The van der Waals surface area contributed by atoms with E-state index in [0.29, 0.717) is 35.2 Å². The standard InChI is InChI=1S/C21H21ClN4O5S3/c22-14-2-1-13-7-20(33-17(13)8-14)34(30,31)26-6-5-24(19(28)11-26)10-18-23-16(12-32-18)21(29)25-4-3-15(27)9-25/h1-2,7-8,12,15,27H,3-6,9-11H2. The lowest BCUT2D eigenvalue weighted by Gasteiger charge is -2.32. The summed E-state index contributed by atoms with van der Waals surface area (Å²) in [4.78, 5) is 32.8. The van der Waals surface area contributed by atoms with Gasteiger partial charge in [-0.05, 0) is 30.0 Å². The van der Waals surface area contributed by atoms with Gasteiger partial charge in [-0.1, -0.05) is 17.7 Å². The summed E-state index contributed by atoms with van der Waals surface area (Å²) in [7, 11) is -3.81. The summed E-state index contributed by atoms with van der Waals surface area (Å²) >= 11 is 8.43. The number of nitrogens with zero attached hydrogens (tertiary/aromatic N) is 4. The van der Waals surface area contributed by atoms with Crippen molar-refractivity contribution in [1.82, 2.24) is 19.1 Å². The molecule has 0 saturated carbocycles. The van der Waals surface area contributed by atoms with Gasteiger partial charge in [0.1, 0.15) is 14.9 Å². The van der Waals surface area contributed by atoms with E-state index in [1.165, 1.54) is 15.6 Å². The molecule has 2 aliphatic rings. The zero-order valence-electron chi connectivity index (χ0n) is 17.9. The lowest BCUT2D eigenvalue weighted by Crippen LogP contribution is -2.51. The van der Waals surface area contributed by atoms with E-state index in [1.54, 1.807) is 39.4 Å². The Kier molecular flexibility index (Phi) is 6.38. The monoisotopic (exact) mass is 540 g/mol. The summed E-state index contributed by atoms with van der Waals surface area (Å²) in [6.07, 6.45) is 0.0530. The van der Waals surface area contributed by atoms with E-state index >= 15 is 0 Å². The highest BCUT2D eigenvalue weighted by Gasteiger charge is 2.34. The molecule has 0 bridgehead atoms. The van der Waals surface area contributed by atoms with Crippen molar-refractivity contribution in [3.8, 4) is 0 Å². The third kappa shape index (κ3) is 4.58. The van der Waals surface area contributed by atoms with Gasteiger partial charge in [0.25, 0.3) is 15.9 Å². The zero-order chi connectivity index (χ0) is 24.0. The van der Waals surface area contributed by atoms with Crippen molar-refractivity contribution in [3.63, 3.8) is 0 Å². The maximum atomic E-state index is 13.1. The molecule has 0 aliphatic carbocycles. The van der Waals surface area contributed by atoms with E-state index in [9.17, 15) is 23.1 Å². The number of sulfonamides is 1. The van der Waals surface area contributed by atoms with Crippen molar-refractivity contribution >= 4 is 66.2 Å². The average Bonchev–Trinajstić information content (AvgIpc) is 3.54. The Bertz CT molecular complexity index is 1370. The van der Waals surface area contributed by atoms with Gasteiger partial charge in [-0.3, -0.25) is 9.59 Å². The van der Waals surface area contributed by atoms with Crippen LogP contribution in [-0.2, 0) is 21.4 Å². The lowest BCUT2D eigenvalue weighted by molar-refractivity contribution is -0.134. The van der Waals surface area contributed by atoms with Crippen LogP contribution in [0, 0.1) is 0 Å². The average molecular weight is 541 g/mol. The molecule has 2 aromatic heterocycles. The van der Waals surface area contributed by atoms with Crippen LogP contribution in [0.15, 0.2) is 33.9 Å². The fourth-order valence-corrected chi connectivity index (χ4v) is 8.02. The first-order valence-corrected chi connectivity index (χ1v) is 14.1. The van der Waals surface area contributed by atoms with Crippen molar-refractivity contribution in [2.24, 2.45) is 0 Å². The second kappa shape index (κ2) is 9.17. The summed E-state index contributed by atoms with van der Waals surface area (Å²) in [6, 6.07) is 6.81. The van der Waals surface area contributed by atoms with Crippen LogP contribution in [0.1, 0.15) is 21.9 Å². The van der Waals surface area contributed by atoms with Crippen molar-refractivity contribution in [2.75, 3.05) is 32.7 Å². The van der Waals surface area contributed by atoms with E-state index in [-0.39, 0.29) is 42.2 Å². The molecular weight excluding hydrogens is 520 g/mol. The molecule has 180 valence electrons. The molecule has 2 fully saturated rings. The van der Waals surface area contributed by atoms with Gasteiger partial charge in [-0.15, -0.1) is 22.7 Å². The minimum absolute atomic E-state index is 0.173. The number of hydrogen-bond acceptors (Lipinski definition) is 8. The topological polar surface area (TPSA) is 111 Å². The number of carbonyl (C=O) groups is 2. The van der Waals surface area contributed by atoms with Crippen LogP contribution in [0.5, 0.6) is 0 Å². The molecule has 2 amide bonds. The highest BCUT2D eigenvalue weighted by molar-refractivity contribution is 7.91. The van der Waals surface area contributed by atoms with Gasteiger partial charge in [0.2, 0.25) is 5.91 Å². The third-order valence-electron chi connectivity index (χ3n) is 5.88. The smallest absolute Gasteiger partial charge is 0.273 e. The van der Waals surface area contributed by atoms with E-state index in [0.717, 1.165) is 21.4 Å². The number of benzene rings is 1. The first kappa shape index (κ1) is 23.6. The molecule has 1 aromatic carbocycles. The molecule has 1 unspecified atom stereocenters. The highest BCUT2D eigenvalue weighted by Crippen LogP contribution is 2.33. The van der Waals surface area contributed by atoms with Crippen LogP contribution in [0.3, 0.4) is 0 Å². The highest BCUT2D eigenvalue weighted by atomic mass is 35.5. The van der Waals surface area contributed by atoms with Gasteiger partial charge in [0, 0.05) is 41.3 Å². The Morgan fingerprint density at radius 1 is 1.24 bits per heavy atom. The number of amides is 2. The molecule has 5 rings (SSSR count). The van der Waals surface area contributed by atoms with E-state index in [1.807, 2.05) is 0 Å². The summed E-state index contributed by atoms with van der Waals surface area (Å²) in [5.41, 5.74) is 0.299. The predicted octanol–water partition coefficient (Wildman–Crippen LogP) is 2.25. The number of likely N-dealkylation sites (tertiary alicyclic amines) is 1. The van der Waals surface area contributed by atoms with Crippen molar-refractivity contribution in [3.05, 3.63) is 45.4 Å². The molecule has 3 aromatic rings. The number of thiazole rings is 1. The Labute approximate surface area is 209 Å². The Morgan fingerprint density at radius 3 is 2.79 bits per heavy atom. The zero-order valence-corrected chi connectivity index (χ0v) is 21.1. The van der Waals surface area contributed by atoms with E-state index in [4.69, 9.17) is 11.6 Å². The number of β-amino-alcohol motifs (C(OH)–C–C–N with tert-alkyl or cyclic N) is 1. The maximum absolute atomic E-state index is 13.1. The van der Waals surface area contributed by atoms with Gasteiger partial charge in [-0.25, -0.2) is 13.4 Å². The van der Waals surface area contributed by atoms with Gasteiger partial charge in [-0.2, -0.15) is 4.31 Å². The molecule has 9 nitrogen and oxygen atoms in total.